The Hall–Kier alpha value is 0.380. The van der Waals surface area contributed by atoms with Gasteiger partial charge >= 0.3 is 26.2 Å². The number of fused-ring (bicyclic) bond motifs is 2. The number of hydrogen-bond donors (Lipinski definition) is 0. The maximum absolute atomic E-state index is 2.37. The van der Waals surface area contributed by atoms with Crippen molar-refractivity contribution in [3.63, 3.8) is 0 Å². The number of halogens is 2. The van der Waals surface area contributed by atoms with E-state index in [9.17, 15) is 0 Å². The third-order valence-corrected chi connectivity index (χ3v) is 5.32. The van der Waals surface area contributed by atoms with Gasteiger partial charge in [0.05, 0.1) is 0 Å². The average molecular weight is 460 g/mol. The van der Waals surface area contributed by atoms with Crippen molar-refractivity contribution in [2.45, 2.75) is 46.0 Å². The van der Waals surface area contributed by atoms with E-state index in [0.717, 1.165) is 17.8 Å². The van der Waals surface area contributed by atoms with Crippen LogP contribution in [0.2, 0.25) is 0 Å². The largest absolute Gasteiger partial charge is 4.00 e. The Bertz CT molecular complexity index is 478. The van der Waals surface area contributed by atoms with E-state index in [2.05, 4.69) is 56.7 Å². The molecule has 0 aromatic carbocycles. The normalized spacial score (nSPS) is 27.9. The molecule has 0 aromatic heterocycles. The van der Waals surface area contributed by atoms with Gasteiger partial charge in [0.1, 0.15) is 0 Å². The Kier molecular flexibility index (Phi) is 14.1. The molecule has 4 rings (SSSR count). The van der Waals surface area contributed by atoms with Crippen LogP contribution in [-0.2, 0) is 26.2 Å². The maximum atomic E-state index is 2.37. The van der Waals surface area contributed by atoms with Crippen molar-refractivity contribution in [2.24, 2.45) is 17.8 Å². The molecule has 1 radical (unpaired) electrons. The van der Waals surface area contributed by atoms with Gasteiger partial charge in [-0.05, 0) is 35.6 Å². The Labute approximate surface area is 184 Å². The Morgan fingerprint density at radius 2 is 1.67 bits per heavy atom. The van der Waals surface area contributed by atoms with Gasteiger partial charge in [0.15, 0.2) is 0 Å². The summed E-state index contributed by atoms with van der Waals surface area (Å²) >= 11 is 0. The van der Waals surface area contributed by atoms with Crippen molar-refractivity contribution in [2.75, 3.05) is 0 Å². The molecular weight excluding hydrogens is 430 g/mol. The molecule has 0 spiro atoms. The number of allylic oxidation sites excluding steroid dienone is 8. The minimum Gasteiger partial charge on any atom is -1.00 e. The average Bonchev–Trinajstić information content (AvgIpc) is 3.06. The van der Waals surface area contributed by atoms with Gasteiger partial charge in [-0.1, -0.05) is 25.7 Å². The van der Waals surface area contributed by atoms with Crippen LogP contribution in [0, 0.1) is 30.1 Å². The van der Waals surface area contributed by atoms with E-state index in [1.807, 2.05) is 0 Å². The number of hydrogen-bond acceptors (Lipinski definition) is 0. The first-order valence-electron chi connectivity index (χ1n) is 8.16. The van der Waals surface area contributed by atoms with Gasteiger partial charge in [-0.2, -0.15) is 0 Å². The van der Waals surface area contributed by atoms with Crippen LogP contribution in [-0.4, -0.2) is 11.0 Å². The minimum absolute atomic E-state index is 0. The summed E-state index contributed by atoms with van der Waals surface area (Å²) in [6.45, 7) is 4.63. The summed E-state index contributed by atoms with van der Waals surface area (Å²) in [6, 6.07) is 0. The summed E-state index contributed by atoms with van der Waals surface area (Å²) in [5, 5.41) is 0. The fourth-order valence-electron chi connectivity index (χ4n) is 3.91. The van der Waals surface area contributed by atoms with E-state index in [4.69, 9.17) is 0 Å². The van der Waals surface area contributed by atoms with E-state index in [1.165, 1.54) is 32.1 Å². The van der Waals surface area contributed by atoms with Crippen LogP contribution in [0.3, 0.4) is 0 Å². The van der Waals surface area contributed by atoms with Crippen LogP contribution in [0.4, 0.5) is 0 Å². The molecule has 3 atom stereocenters. The van der Waals surface area contributed by atoms with Crippen molar-refractivity contribution in [1.82, 2.24) is 0 Å². The van der Waals surface area contributed by atoms with E-state index >= 15 is 0 Å². The van der Waals surface area contributed by atoms with Crippen LogP contribution in [0.25, 0.3) is 0 Å². The molecule has 0 amide bonds. The first-order chi connectivity index (χ1) is 9.75. The monoisotopic (exact) mass is 457 g/mol. The summed E-state index contributed by atoms with van der Waals surface area (Å²) in [4.78, 5) is 0. The minimum atomic E-state index is 0. The molecule has 2 saturated carbocycles. The van der Waals surface area contributed by atoms with Gasteiger partial charge < -0.3 is 24.8 Å². The zero-order valence-electron chi connectivity index (χ0n) is 15.1. The SMILES string of the molecule is C1=CCC2CC[CH-]C2=C1.C[C-]1C2=CC=CCC2CC1C.[Cl-].[Cl-].[SiH3].[Zr+4]. The number of rotatable bonds is 0. The van der Waals surface area contributed by atoms with Gasteiger partial charge in [0.25, 0.3) is 0 Å². The van der Waals surface area contributed by atoms with Gasteiger partial charge in [0.2, 0.25) is 0 Å². The molecule has 4 heteroatoms. The zero-order valence-corrected chi connectivity index (χ0v) is 21.0. The Morgan fingerprint density at radius 1 is 1.04 bits per heavy atom. The molecule has 4 aliphatic carbocycles. The fraction of sp³-hybridized carbons (Fsp3) is 0.500. The second-order valence-electron chi connectivity index (χ2n) is 6.61. The van der Waals surface area contributed by atoms with Crippen LogP contribution in [0.15, 0.2) is 47.6 Å². The van der Waals surface area contributed by atoms with Gasteiger partial charge in [0, 0.05) is 0 Å². The van der Waals surface area contributed by atoms with Crippen LogP contribution in [0.5, 0.6) is 0 Å². The molecule has 0 aromatic rings. The van der Waals surface area contributed by atoms with E-state index in [0.29, 0.717) is 0 Å². The van der Waals surface area contributed by atoms with E-state index < -0.39 is 0 Å². The van der Waals surface area contributed by atoms with Crippen molar-refractivity contribution in [3.8, 4) is 0 Å². The van der Waals surface area contributed by atoms with Crippen molar-refractivity contribution in [3.05, 3.63) is 59.9 Å². The summed E-state index contributed by atoms with van der Waals surface area (Å²) in [7, 11) is 0. The molecule has 2 fully saturated rings. The standard InChI is InChI=1S/C11H15.C9H11.2ClH.H3Si.Zr/c1-8-7-10-5-3-4-6-11(10)9(8)2;1-2-5-9-7-3-6-8(9)4-1;;;;/h3-4,6,8,10H,5,7H2,1-2H3;1-2,4,6,9H,3,5,7H2;2*1H;1H3;/q2*-1;;;;+4/p-2. The molecular formula is C20H29Cl2SiZr. The van der Waals surface area contributed by atoms with Crippen molar-refractivity contribution < 1.29 is 51.0 Å². The second kappa shape index (κ2) is 12.7. The van der Waals surface area contributed by atoms with Crippen LogP contribution < -0.4 is 24.8 Å². The predicted octanol–water partition coefficient (Wildman–Crippen LogP) is -1.57. The molecule has 24 heavy (non-hydrogen) atoms. The molecule has 0 aliphatic heterocycles. The van der Waals surface area contributed by atoms with Crippen LogP contribution >= 0.6 is 0 Å². The molecule has 4 aliphatic rings. The molecule has 0 heterocycles. The maximum Gasteiger partial charge on any atom is 4.00 e. The van der Waals surface area contributed by atoms with Gasteiger partial charge in [-0.15, -0.1) is 37.6 Å². The fourth-order valence-corrected chi connectivity index (χ4v) is 3.91. The van der Waals surface area contributed by atoms with Crippen molar-refractivity contribution in [1.29, 1.82) is 0 Å². The topological polar surface area (TPSA) is 0 Å². The Morgan fingerprint density at radius 3 is 2.29 bits per heavy atom. The molecule has 0 saturated heterocycles. The molecule has 0 bridgehead atoms. The first kappa shape index (κ1) is 26.6. The predicted molar refractivity (Wildman–Crippen MR) is 96.8 cm³/mol. The molecule has 3 unspecified atom stereocenters. The summed E-state index contributed by atoms with van der Waals surface area (Å²) in [5.41, 5.74) is 3.21. The third kappa shape index (κ3) is 6.27. The smallest absolute Gasteiger partial charge is 1.00 e. The summed E-state index contributed by atoms with van der Waals surface area (Å²) in [6.07, 6.45) is 22.5. The molecule has 131 valence electrons. The summed E-state index contributed by atoms with van der Waals surface area (Å²) < 4.78 is 0. The van der Waals surface area contributed by atoms with E-state index in [-0.39, 0.29) is 62.0 Å². The molecule has 0 nitrogen and oxygen atoms in total. The molecule has 0 N–H and O–H groups in total. The van der Waals surface area contributed by atoms with Crippen molar-refractivity contribution >= 4 is 11.0 Å². The van der Waals surface area contributed by atoms with E-state index in [1.54, 1.807) is 17.1 Å². The Balaban J connectivity index is 0. The third-order valence-electron chi connectivity index (χ3n) is 5.32. The zero-order chi connectivity index (χ0) is 13.9. The van der Waals surface area contributed by atoms with Gasteiger partial charge in [-0.3, -0.25) is 0 Å². The van der Waals surface area contributed by atoms with Crippen LogP contribution in [0.1, 0.15) is 46.0 Å². The first-order valence-corrected chi connectivity index (χ1v) is 8.16. The van der Waals surface area contributed by atoms with Gasteiger partial charge in [-0.25, -0.2) is 35.6 Å². The summed E-state index contributed by atoms with van der Waals surface area (Å²) in [5.74, 6) is 4.19. The quantitative estimate of drug-likeness (QED) is 0.304. The second-order valence-corrected chi connectivity index (χ2v) is 6.61.